The molecule has 8 nitrogen and oxygen atoms in total. The minimum atomic E-state index is -0.443. The van der Waals surface area contributed by atoms with Gasteiger partial charge in [-0.25, -0.2) is 0 Å². The molecule has 4 rings (SSSR count). The van der Waals surface area contributed by atoms with E-state index in [0.29, 0.717) is 11.4 Å². The maximum absolute atomic E-state index is 12.9. The van der Waals surface area contributed by atoms with E-state index in [1.807, 2.05) is 84.9 Å². The second kappa shape index (κ2) is 14.0. The molecule has 4 N–H and O–H groups in total. The van der Waals surface area contributed by atoms with Gasteiger partial charge in [-0.2, -0.15) is 0 Å². The first kappa shape index (κ1) is 29.2. The van der Waals surface area contributed by atoms with Crippen molar-refractivity contribution in [1.82, 2.24) is 10.6 Å². The largest absolute Gasteiger partial charge is 0.322 e. The molecule has 0 aliphatic carbocycles. The molecule has 0 aromatic heterocycles. The molecule has 0 spiro atoms. The van der Waals surface area contributed by atoms with Crippen molar-refractivity contribution >= 4 is 47.2 Å². The van der Waals surface area contributed by atoms with E-state index < -0.39 is 11.8 Å². The van der Waals surface area contributed by atoms with Crippen LogP contribution in [0.1, 0.15) is 25.0 Å². The summed E-state index contributed by atoms with van der Waals surface area (Å²) in [5, 5.41) is 10.8. The molecule has 8 heteroatoms. The highest BCUT2D eigenvalue weighted by Crippen LogP contribution is 2.24. The van der Waals surface area contributed by atoms with Crippen molar-refractivity contribution in [2.45, 2.75) is 13.8 Å². The van der Waals surface area contributed by atoms with Gasteiger partial charge >= 0.3 is 0 Å². The van der Waals surface area contributed by atoms with Gasteiger partial charge in [0.1, 0.15) is 11.4 Å². The summed E-state index contributed by atoms with van der Waals surface area (Å²) in [4.78, 5) is 49.1. The van der Waals surface area contributed by atoms with E-state index in [0.717, 1.165) is 22.3 Å². The average molecular weight is 559 g/mol. The monoisotopic (exact) mass is 558 g/mol. The summed E-state index contributed by atoms with van der Waals surface area (Å²) >= 11 is 0. The first-order valence-corrected chi connectivity index (χ1v) is 13.2. The highest BCUT2D eigenvalue weighted by molar-refractivity contribution is 6.09. The van der Waals surface area contributed by atoms with E-state index in [1.54, 1.807) is 36.4 Å². The van der Waals surface area contributed by atoms with Crippen LogP contribution >= 0.6 is 0 Å². The Hall–Kier alpha value is -5.76. The van der Waals surface area contributed by atoms with Gasteiger partial charge in [0.2, 0.25) is 11.8 Å². The predicted octanol–water partition coefficient (Wildman–Crippen LogP) is 5.59. The summed E-state index contributed by atoms with van der Waals surface area (Å²) < 4.78 is 0. The third-order valence-electron chi connectivity index (χ3n) is 5.95. The first-order chi connectivity index (χ1) is 20.3. The third kappa shape index (κ3) is 8.62. The molecule has 0 aliphatic heterocycles. The van der Waals surface area contributed by atoms with Crippen molar-refractivity contribution in [3.63, 3.8) is 0 Å². The maximum atomic E-state index is 12.9. The Kier molecular flexibility index (Phi) is 9.77. The molecule has 0 aliphatic rings. The number of nitrogens with one attached hydrogen (secondary N) is 4. The zero-order chi connectivity index (χ0) is 29.9. The minimum Gasteiger partial charge on any atom is -0.322 e. The maximum Gasteiger partial charge on any atom is 0.272 e. The summed E-state index contributed by atoms with van der Waals surface area (Å²) in [6.07, 6.45) is 3.23. The fourth-order valence-electron chi connectivity index (χ4n) is 4.02. The normalized spacial score (nSPS) is 11.3. The van der Waals surface area contributed by atoms with E-state index in [2.05, 4.69) is 21.3 Å². The lowest BCUT2D eigenvalue weighted by molar-refractivity contribution is -0.120. The van der Waals surface area contributed by atoms with Crippen LogP contribution in [-0.2, 0) is 19.2 Å². The summed E-state index contributed by atoms with van der Waals surface area (Å²) in [6, 6.07) is 33.0. The summed E-state index contributed by atoms with van der Waals surface area (Å²) in [5.74, 6) is -1.58. The number of rotatable bonds is 9. The van der Waals surface area contributed by atoms with Gasteiger partial charge in [-0.1, -0.05) is 84.9 Å². The van der Waals surface area contributed by atoms with Gasteiger partial charge in [0.05, 0.1) is 0 Å². The van der Waals surface area contributed by atoms with Gasteiger partial charge in [-0.3, -0.25) is 19.2 Å². The van der Waals surface area contributed by atoms with E-state index in [4.69, 9.17) is 0 Å². The Bertz CT molecular complexity index is 1500. The van der Waals surface area contributed by atoms with Crippen molar-refractivity contribution in [1.29, 1.82) is 0 Å². The van der Waals surface area contributed by atoms with Crippen LogP contribution in [0.4, 0.5) is 11.4 Å². The first-order valence-electron chi connectivity index (χ1n) is 13.2. The number of hydrogen-bond acceptors (Lipinski definition) is 4. The van der Waals surface area contributed by atoms with Gasteiger partial charge in [-0.15, -0.1) is 0 Å². The molecule has 210 valence electrons. The third-order valence-corrected chi connectivity index (χ3v) is 5.95. The zero-order valence-corrected chi connectivity index (χ0v) is 23.2. The molecule has 4 amide bonds. The molecular weight excluding hydrogens is 528 g/mol. The Labute approximate surface area is 244 Å². The van der Waals surface area contributed by atoms with Crippen LogP contribution in [0.25, 0.3) is 23.3 Å². The average Bonchev–Trinajstić information content (AvgIpc) is 2.98. The van der Waals surface area contributed by atoms with Gasteiger partial charge in [-0.05, 0) is 58.7 Å². The quantitative estimate of drug-likeness (QED) is 0.201. The molecule has 0 atom stereocenters. The molecular formula is C34H30N4O4. The number of anilines is 2. The second-order valence-corrected chi connectivity index (χ2v) is 9.36. The van der Waals surface area contributed by atoms with Crippen LogP contribution in [0.2, 0.25) is 0 Å². The van der Waals surface area contributed by atoms with Crippen molar-refractivity contribution in [3.05, 3.63) is 132 Å². The lowest BCUT2D eigenvalue weighted by Crippen LogP contribution is -2.28. The van der Waals surface area contributed by atoms with Crippen molar-refractivity contribution in [2.24, 2.45) is 0 Å². The molecule has 4 aromatic rings. The van der Waals surface area contributed by atoms with Crippen LogP contribution < -0.4 is 21.3 Å². The van der Waals surface area contributed by atoms with Crippen molar-refractivity contribution in [2.75, 3.05) is 10.6 Å². The van der Waals surface area contributed by atoms with E-state index in [9.17, 15) is 19.2 Å². The van der Waals surface area contributed by atoms with Crippen LogP contribution in [0.15, 0.2) is 121 Å². The molecule has 0 saturated heterocycles. The summed E-state index contributed by atoms with van der Waals surface area (Å²) in [6.45, 7) is 2.70. The van der Waals surface area contributed by atoms with Crippen LogP contribution in [0.3, 0.4) is 0 Å². The fraction of sp³-hybridized carbons (Fsp3) is 0.0588. The molecule has 0 unspecified atom stereocenters. The minimum absolute atomic E-state index is 0.135. The lowest BCUT2D eigenvalue weighted by atomic mass is 10.0. The Morgan fingerprint density at radius 3 is 1.12 bits per heavy atom. The Morgan fingerprint density at radius 2 is 0.810 bits per heavy atom. The number of hydrogen-bond donors (Lipinski definition) is 4. The Morgan fingerprint density at radius 1 is 0.476 bits per heavy atom. The summed E-state index contributed by atoms with van der Waals surface area (Å²) in [5.41, 5.74) is 4.76. The molecule has 0 bridgehead atoms. The standard InChI is InChI=1S/C34H30N4O4/c1-23(39)35-31(21-25-9-5-3-6-10-25)33(41)37-29-17-13-27(14-18-29)28-15-19-30(20-16-28)38-34(42)32(36-24(2)40)22-26-11-7-4-8-12-26/h3-22H,1-2H3,(H,35,39)(H,36,40)(H,37,41)(H,38,42)/b31-21-,32-22-. The van der Waals surface area contributed by atoms with Crippen LogP contribution in [0.5, 0.6) is 0 Å². The van der Waals surface area contributed by atoms with Crippen molar-refractivity contribution < 1.29 is 19.2 Å². The zero-order valence-electron chi connectivity index (χ0n) is 23.2. The Balaban J connectivity index is 1.42. The van der Waals surface area contributed by atoms with E-state index in [-0.39, 0.29) is 23.2 Å². The molecule has 0 heterocycles. The van der Waals surface area contributed by atoms with Gasteiger partial charge < -0.3 is 21.3 Å². The lowest BCUT2D eigenvalue weighted by Gasteiger charge is -2.12. The van der Waals surface area contributed by atoms with Crippen LogP contribution in [-0.4, -0.2) is 23.6 Å². The molecule has 0 fully saturated rings. The molecule has 0 radical (unpaired) electrons. The number of carbonyl (C=O) groups is 4. The van der Waals surface area contributed by atoms with Crippen molar-refractivity contribution in [3.8, 4) is 11.1 Å². The number of carbonyl (C=O) groups excluding carboxylic acids is 4. The molecule has 0 saturated carbocycles. The number of amides is 4. The predicted molar refractivity (Wildman–Crippen MR) is 166 cm³/mol. The van der Waals surface area contributed by atoms with E-state index in [1.165, 1.54) is 13.8 Å². The van der Waals surface area contributed by atoms with Crippen LogP contribution in [0, 0.1) is 0 Å². The van der Waals surface area contributed by atoms with E-state index >= 15 is 0 Å². The number of benzene rings is 4. The fourth-order valence-corrected chi connectivity index (χ4v) is 4.02. The smallest absolute Gasteiger partial charge is 0.272 e. The molecule has 42 heavy (non-hydrogen) atoms. The van der Waals surface area contributed by atoms with Gasteiger partial charge in [0, 0.05) is 25.2 Å². The highest BCUT2D eigenvalue weighted by Gasteiger charge is 2.13. The molecule has 4 aromatic carbocycles. The topological polar surface area (TPSA) is 116 Å². The van der Waals surface area contributed by atoms with Gasteiger partial charge in [0.15, 0.2) is 0 Å². The highest BCUT2D eigenvalue weighted by atomic mass is 16.2. The summed E-state index contributed by atoms with van der Waals surface area (Å²) in [7, 11) is 0. The SMILES string of the molecule is CC(=O)N/C(=C\c1ccccc1)C(=O)Nc1ccc(-c2ccc(NC(=O)/C(=C/c3ccccc3)NC(C)=O)cc2)cc1. The second-order valence-electron chi connectivity index (χ2n) is 9.36. The van der Waals surface area contributed by atoms with Gasteiger partial charge in [0.25, 0.3) is 11.8 Å².